The van der Waals surface area contributed by atoms with Gasteiger partial charge in [-0.2, -0.15) is 0 Å². The molecule has 1 aromatic heterocycles. The van der Waals surface area contributed by atoms with Crippen LogP contribution in [0.25, 0.3) is 0 Å². The molecule has 1 N–H and O–H groups in total. The van der Waals surface area contributed by atoms with Crippen LogP contribution in [0.4, 0.5) is 5.69 Å². The van der Waals surface area contributed by atoms with Crippen LogP contribution in [-0.2, 0) is 0 Å². The van der Waals surface area contributed by atoms with E-state index in [1.165, 1.54) is 0 Å². The summed E-state index contributed by atoms with van der Waals surface area (Å²) < 4.78 is 5.58. The minimum absolute atomic E-state index is 0.402. The first kappa shape index (κ1) is 11.5. The van der Waals surface area contributed by atoms with Gasteiger partial charge in [-0.15, -0.1) is 0 Å². The predicted molar refractivity (Wildman–Crippen MR) is 67.2 cm³/mol. The van der Waals surface area contributed by atoms with Gasteiger partial charge >= 0.3 is 0 Å². The first-order valence-corrected chi connectivity index (χ1v) is 6.25. The van der Waals surface area contributed by atoms with Gasteiger partial charge in [0.2, 0.25) is 5.88 Å². The van der Waals surface area contributed by atoms with Crippen molar-refractivity contribution in [1.29, 1.82) is 0 Å². The zero-order chi connectivity index (χ0) is 11.5. The van der Waals surface area contributed by atoms with E-state index in [9.17, 15) is 0 Å². The highest BCUT2D eigenvalue weighted by Crippen LogP contribution is 2.37. The van der Waals surface area contributed by atoms with Gasteiger partial charge in [-0.05, 0) is 27.1 Å². The van der Waals surface area contributed by atoms with Crippen LogP contribution in [0.5, 0.6) is 5.88 Å². The van der Waals surface area contributed by atoms with E-state index in [-0.39, 0.29) is 0 Å². The van der Waals surface area contributed by atoms with Crippen molar-refractivity contribution >= 4 is 17.4 Å². The maximum atomic E-state index is 5.58. The van der Waals surface area contributed by atoms with Gasteiger partial charge in [-0.1, -0.05) is 11.8 Å². The molecular formula is C11H17N3OS. The number of fused-ring (bicyclic) bond motifs is 1. The van der Waals surface area contributed by atoms with Crippen LogP contribution in [0.1, 0.15) is 6.92 Å². The van der Waals surface area contributed by atoms with Crippen LogP contribution in [-0.4, -0.2) is 42.5 Å². The van der Waals surface area contributed by atoms with Crippen LogP contribution in [0, 0.1) is 0 Å². The normalized spacial score (nSPS) is 18.4. The minimum atomic E-state index is 0.402. The lowest BCUT2D eigenvalue weighted by molar-refractivity contribution is 0.253. The van der Waals surface area contributed by atoms with Crippen molar-refractivity contribution in [3.8, 4) is 5.88 Å². The van der Waals surface area contributed by atoms with Crippen LogP contribution in [0.3, 0.4) is 0 Å². The molecule has 88 valence electrons. The molecule has 0 radical (unpaired) electrons. The topological polar surface area (TPSA) is 37.4 Å². The summed E-state index contributed by atoms with van der Waals surface area (Å²) >= 11 is 1.73. The highest BCUT2D eigenvalue weighted by Gasteiger charge is 2.19. The van der Waals surface area contributed by atoms with Crippen molar-refractivity contribution in [3.63, 3.8) is 0 Å². The number of rotatable bonds is 4. The van der Waals surface area contributed by atoms with Crippen LogP contribution in [0.15, 0.2) is 17.2 Å². The molecule has 1 aliphatic rings. The summed E-state index contributed by atoms with van der Waals surface area (Å²) in [4.78, 5) is 6.55. The molecule has 0 aliphatic carbocycles. The summed E-state index contributed by atoms with van der Waals surface area (Å²) in [6.45, 7) is 3.70. The molecule has 4 nitrogen and oxygen atoms in total. The van der Waals surface area contributed by atoms with E-state index in [0.717, 1.165) is 17.3 Å². The average molecular weight is 239 g/mol. The lowest BCUT2D eigenvalue weighted by atomic mass is 10.4. The minimum Gasteiger partial charge on any atom is -0.476 e. The molecule has 0 amide bonds. The Labute approximate surface area is 100 Å². The van der Waals surface area contributed by atoms with E-state index in [1.807, 2.05) is 26.2 Å². The average Bonchev–Trinajstić information content (AvgIpc) is 2.56. The Morgan fingerprint density at radius 2 is 2.31 bits per heavy atom. The van der Waals surface area contributed by atoms with Crippen LogP contribution < -0.4 is 10.1 Å². The number of pyridine rings is 1. The van der Waals surface area contributed by atoms with E-state index in [4.69, 9.17) is 4.74 Å². The molecule has 0 fully saturated rings. The van der Waals surface area contributed by atoms with E-state index < -0.39 is 0 Å². The monoisotopic (exact) mass is 239 g/mol. The summed E-state index contributed by atoms with van der Waals surface area (Å²) in [5, 5.41) is 4.77. The molecule has 2 heterocycles. The Kier molecular flexibility index (Phi) is 3.56. The third kappa shape index (κ3) is 2.80. The second-order valence-electron chi connectivity index (χ2n) is 4.06. The van der Waals surface area contributed by atoms with E-state index in [2.05, 4.69) is 22.1 Å². The molecular weight excluding hydrogens is 222 g/mol. The van der Waals surface area contributed by atoms with Gasteiger partial charge in [-0.3, -0.25) is 0 Å². The number of aromatic nitrogens is 1. The fraction of sp³-hybridized carbons (Fsp3) is 0.545. The Balaban J connectivity index is 1.94. The molecule has 0 spiro atoms. The SMILES string of the molecule is CC1Nc2ccc(OCCN(C)C)nc2S1. The van der Waals surface area contributed by atoms with Gasteiger partial charge < -0.3 is 15.0 Å². The Morgan fingerprint density at radius 1 is 1.50 bits per heavy atom. The lowest BCUT2D eigenvalue weighted by Gasteiger charge is -2.10. The van der Waals surface area contributed by atoms with Crippen molar-refractivity contribution in [2.75, 3.05) is 32.6 Å². The van der Waals surface area contributed by atoms with Gasteiger partial charge in [0.15, 0.2) is 0 Å². The summed E-state index contributed by atoms with van der Waals surface area (Å²) in [5.41, 5.74) is 1.11. The largest absolute Gasteiger partial charge is 0.476 e. The van der Waals surface area contributed by atoms with E-state index >= 15 is 0 Å². The molecule has 16 heavy (non-hydrogen) atoms. The van der Waals surface area contributed by atoms with Crippen molar-refractivity contribution in [3.05, 3.63) is 12.1 Å². The quantitative estimate of drug-likeness (QED) is 0.868. The summed E-state index contributed by atoms with van der Waals surface area (Å²) in [6, 6.07) is 3.95. The zero-order valence-electron chi connectivity index (χ0n) is 9.86. The van der Waals surface area contributed by atoms with Crippen LogP contribution >= 0.6 is 11.8 Å². The van der Waals surface area contributed by atoms with Crippen molar-refractivity contribution in [2.45, 2.75) is 17.3 Å². The number of thioether (sulfide) groups is 1. The van der Waals surface area contributed by atoms with Crippen molar-refractivity contribution in [2.24, 2.45) is 0 Å². The number of anilines is 1. The van der Waals surface area contributed by atoms with Crippen LogP contribution in [0.2, 0.25) is 0 Å². The second kappa shape index (κ2) is 4.93. The number of nitrogens with zero attached hydrogens (tertiary/aromatic N) is 2. The maximum absolute atomic E-state index is 5.58. The highest BCUT2D eigenvalue weighted by molar-refractivity contribution is 8.00. The third-order valence-electron chi connectivity index (χ3n) is 2.27. The molecule has 0 bridgehead atoms. The van der Waals surface area contributed by atoms with Gasteiger partial charge in [0.05, 0.1) is 11.1 Å². The van der Waals surface area contributed by atoms with Gasteiger partial charge in [0.25, 0.3) is 0 Å². The molecule has 0 saturated heterocycles. The predicted octanol–water partition coefficient (Wildman–Crippen LogP) is 1.89. The number of hydrogen-bond acceptors (Lipinski definition) is 5. The van der Waals surface area contributed by atoms with Crippen molar-refractivity contribution in [1.82, 2.24) is 9.88 Å². The first-order valence-electron chi connectivity index (χ1n) is 5.37. The summed E-state index contributed by atoms with van der Waals surface area (Å²) in [5.74, 6) is 0.712. The molecule has 0 saturated carbocycles. The van der Waals surface area contributed by atoms with E-state index in [1.54, 1.807) is 11.8 Å². The number of nitrogens with one attached hydrogen (secondary N) is 1. The zero-order valence-corrected chi connectivity index (χ0v) is 10.7. The highest BCUT2D eigenvalue weighted by atomic mass is 32.2. The van der Waals surface area contributed by atoms with Gasteiger partial charge in [0.1, 0.15) is 11.6 Å². The molecule has 2 rings (SSSR count). The third-order valence-corrected chi connectivity index (χ3v) is 3.28. The molecule has 5 heteroatoms. The molecule has 1 atom stereocenters. The lowest BCUT2D eigenvalue weighted by Crippen LogP contribution is -2.19. The van der Waals surface area contributed by atoms with Crippen molar-refractivity contribution < 1.29 is 4.74 Å². The Hall–Kier alpha value is -0.940. The Bertz CT molecular complexity index is 370. The molecule has 1 aliphatic heterocycles. The molecule has 1 aromatic rings. The summed E-state index contributed by atoms with van der Waals surface area (Å²) in [6.07, 6.45) is 0. The number of ether oxygens (including phenoxy) is 1. The molecule has 1 unspecified atom stereocenters. The van der Waals surface area contributed by atoms with E-state index in [0.29, 0.717) is 17.9 Å². The molecule has 0 aromatic carbocycles. The number of hydrogen-bond donors (Lipinski definition) is 1. The fourth-order valence-electron chi connectivity index (χ4n) is 1.45. The van der Waals surface area contributed by atoms with Gasteiger partial charge in [-0.25, -0.2) is 4.98 Å². The smallest absolute Gasteiger partial charge is 0.214 e. The first-order chi connectivity index (χ1) is 7.65. The number of likely N-dealkylation sites (N-methyl/N-ethyl adjacent to an activating group) is 1. The second-order valence-corrected chi connectivity index (χ2v) is 5.39. The Morgan fingerprint density at radius 3 is 3.06 bits per heavy atom. The fourth-order valence-corrected chi connectivity index (χ4v) is 2.37. The maximum Gasteiger partial charge on any atom is 0.214 e. The standard InChI is InChI=1S/C11H17N3OS/c1-8-12-9-4-5-10(13-11(9)16-8)15-7-6-14(2)3/h4-5,8,12H,6-7H2,1-3H3. The summed E-state index contributed by atoms with van der Waals surface area (Å²) in [7, 11) is 4.06. The van der Waals surface area contributed by atoms with Gasteiger partial charge in [0, 0.05) is 12.6 Å².